The van der Waals surface area contributed by atoms with Crippen LogP contribution in [0.1, 0.15) is 18.4 Å². The molecule has 0 aromatic heterocycles. The molecule has 19 heavy (non-hydrogen) atoms. The third-order valence-electron chi connectivity index (χ3n) is 3.17. The van der Waals surface area contributed by atoms with Crippen molar-refractivity contribution in [2.24, 2.45) is 5.11 Å². The van der Waals surface area contributed by atoms with Gasteiger partial charge in [0.25, 0.3) is 0 Å². The van der Waals surface area contributed by atoms with Crippen LogP contribution in [0.5, 0.6) is 0 Å². The van der Waals surface area contributed by atoms with E-state index in [1.54, 1.807) is 4.90 Å². The van der Waals surface area contributed by atoms with Gasteiger partial charge in [0.15, 0.2) is 0 Å². The Labute approximate surface area is 111 Å². The van der Waals surface area contributed by atoms with Crippen LogP contribution in [0.4, 0.5) is 4.79 Å². The van der Waals surface area contributed by atoms with Crippen molar-refractivity contribution in [3.8, 4) is 0 Å². The van der Waals surface area contributed by atoms with Crippen molar-refractivity contribution in [1.82, 2.24) is 4.90 Å². The Kier molecular flexibility index (Phi) is 4.64. The summed E-state index contributed by atoms with van der Waals surface area (Å²) >= 11 is 0. The molecule has 1 aliphatic heterocycles. The van der Waals surface area contributed by atoms with Gasteiger partial charge in [-0.2, -0.15) is 0 Å². The van der Waals surface area contributed by atoms with Crippen LogP contribution in [-0.2, 0) is 11.3 Å². The van der Waals surface area contributed by atoms with Crippen molar-refractivity contribution < 1.29 is 9.53 Å². The smallest absolute Gasteiger partial charge is 0.410 e. The number of ether oxygens (including phenoxy) is 1. The highest BCUT2D eigenvalue weighted by Crippen LogP contribution is 2.19. The number of carbonyl (C=O) groups excluding carboxylic acids is 1. The summed E-state index contributed by atoms with van der Waals surface area (Å²) in [6, 6.07) is 9.53. The molecular weight excluding hydrogens is 244 g/mol. The van der Waals surface area contributed by atoms with Gasteiger partial charge >= 0.3 is 6.09 Å². The molecule has 2 rings (SSSR count). The lowest BCUT2D eigenvalue weighted by Crippen LogP contribution is -2.37. The molecular formula is C13H16N4O2. The third kappa shape index (κ3) is 3.63. The quantitative estimate of drug-likeness (QED) is 0.473. The summed E-state index contributed by atoms with van der Waals surface area (Å²) in [6.07, 6.45) is 1.45. The van der Waals surface area contributed by atoms with E-state index >= 15 is 0 Å². The molecule has 0 saturated carbocycles. The van der Waals surface area contributed by atoms with E-state index in [0.29, 0.717) is 13.1 Å². The highest BCUT2D eigenvalue weighted by molar-refractivity contribution is 5.68. The van der Waals surface area contributed by atoms with E-state index in [-0.39, 0.29) is 18.7 Å². The Balaban J connectivity index is 1.86. The standard InChI is InChI=1S/C13H16N4O2/c14-16-15-9-12-7-4-8-17(12)13(18)19-10-11-5-2-1-3-6-11/h1-3,5-6,12H,4,7-10H2/t12-/m0/s1. The van der Waals surface area contributed by atoms with E-state index in [2.05, 4.69) is 10.0 Å². The number of rotatable bonds is 4. The third-order valence-corrected chi connectivity index (χ3v) is 3.17. The van der Waals surface area contributed by atoms with Crippen LogP contribution in [0.25, 0.3) is 10.4 Å². The molecule has 1 aliphatic rings. The van der Waals surface area contributed by atoms with Crippen LogP contribution < -0.4 is 0 Å². The van der Waals surface area contributed by atoms with Crippen LogP contribution in [-0.4, -0.2) is 30.1 Å². The van der Waals surface area contributed by atoms with Gasteiger partial charge in [-0.05, 0) is 23.9 Å². The molecule has 0 N–H and O–H groups in total. The Morgan fingerprint density at radius 1 is 1.47 bits per heavy atom. The molecule has 1 amide bonds. The fourth-order valence-electron chi connectivity index (χ4n) is 2.20. The first-order valence-corrected chi connectivity index (χ1v) is 6.29. The minimum Gasteiger partial charge on any atom is -0.445 e. The van der Waals surface area contributed by atoms with Gasteiger partial charge in [0, 0.05) is 24.0 Å². The van der Waals surface area contributed by atoms with Crippen molar-refractivity contribution in [3.63, 3.8) is 0 Å². The molecule has 1 aromatic carbocycles. The molecule has 1 aromatic rings. The summed E-state index contributed by atoms with van der Waals surface area (Å²) in [6.45, 7) is 1.25. The van der Waals surface area contributed by atoms with Gasteiger partial charge in [0.05, 0.1) is 0 Å². The largest absolute Gasteiger partial charge is 0.445 e. The molecule has 6 nitrogen and oxygen atoms in total. The molecule has 1 saturated heterocycles. The second kappa shape index (κ2) is 6.66. The number of hydrogen-bond donors (Lipinski definition) is 0. The predicted octanol–water partition coefficient (Wildman–Crippen LogP) is 3.10. The fraction of sp³-hybridized carbons (Fsp3) is 0.462. The average Bonchev–Trinajstić information content (AvgIpc) is 2.92. The van der Waals surface area contributed by atoms with E-state index in [0.717, 1.165) is 18.4 Å². The number of amides is 1. The summed E-state index contributed by atoms with van der Waals surface area (Å²) in [4.78, 5) is 16.3. The maximum absolute atomic E-state index is 12.0. The van der Waals surface area contributed by atoms with Gasteiger partial charge in [-0.25, -0.2) is 4.79 Å². The van der Waals surface area contributed by atoms with Crippen LogP contribution in [0.2, 0.25) is 0 Å². The van der Waals surface area contributed by atoms with Gasteiger partial charge in [-0.3, -0.25) is 0 Å². The van der Waals surface area contributed by atoms with Crippen molar-refractivity contribution in [3.05, 3.63) is 46.3 Å². The van der Waals surface area contributed by atoms with Crippen LogP contribution in [0.3, 0.4) is 0 Å². The molecule has 0 radical (unpaired) electrons. The van der Waals surface area contributed by atoms with E-state index in [1.807, 2.05) is 30.3 Å². The first-order valence-electron chi connectivity index (χ1n) is 6.29. The van der Waals surface area contributed by atoms with Gasteiger partial charge in [0.1, 0.15) is 6.61 Å². The normalized spacial score (nSPS) is 17.9. The van der Waals surface area contributed by atoms with Crippen molar-refractivity contribution >= 4 is 6.09 Å². The van der Waals surface area contributed by atoms with Gasteiger partial charge in [0.2, 0.25) is 0 Å². The van der Waals surface area contributed by atoms with Gasteiger partial charge < -0.3 is 9.64 Å². The minimum atomic E-state index is -0.334. The number of carbonyl (C=O) groups is 1. The Morgan fingerprint density at radius 3 is 3.00 bits per heavy atom. The van der Waals surface area contributed by atoms with E-state index in [1.165, 1.54) is 0 Å². The maximum Gasteiger partial charge on any atom is 0.410 e. The summed E-state index contributed by atoms with van der Waals surface area (Å²) in [5.41, 5.74) is 9.29. The van der Waals surface area contributed by atoms with E-state index in [4.69, 9.17) is 10.3 Å². The second-order valence-electron chi connectivity index (χ2n) is 4.44. The molecule has 0 aliphatic carbocycles. The van der Waals surface area contributed by atoms with Crippen LogP contribution in [0.15, 0.2) is 35.4 Å². The Bertz CT molecular complexity index is 471. The number of azide groups is 1. The van der Waals surface area contributed by atoms with E-state index < -0.39 is 0 Å². The maximum atomic E-state index is 12.0. The lowest BCUT2D eigenvalue weighted by molar-refractivity contribution is 0.0931. The highest BCUT2D eigenvalue weighted by atomic mass is 16.6. The van der Waals surface area contributed by atoms with Gasteiger partial charge in [-0.15, -0.1) is 0 Å². The lowest BCUT2D eigenvalue weighted by atomic mass is 10.2. The lowest BCUT2D eigenvalue weighted by Gasteiger charge is -2.22. The summed E-state index contributed by atoms with van der Waals surface area (Å²) < 4.78 is 5.27. The first kappa shape index (κ1) is 13.2. The topological polar surface area (TPSA) is 78.3 Å². The highest BCUT2D eigenvalue weighted by Gasteiger charge is 2.29. The predicted molar refractivity (Wildman–Crippen MR) is 70.4 cm³/mol. The van der Waals surface area contributed by atoms with E-state index in [9.17, 15) is 4.79 Å². The zero-order chi connectivity index (χ0) is 13.5. The molecule has 0 spiro atoms. The first-order chi connectivity index (χ1) is 9.31. The molecule has 100 valence electrons. The zero-order valence-electron chi connectivity index (χ0n) is 10.6. The molecule has 6 heteroatoms. The van der Waals surface area contributed by atoms with Crippen LogP contribution in [0, 0.1) is 0 Å². The molecule has 1 heterocycles. The van der Waals surface area contributed by atoms with Crippen molar-refractivity contribution in [2.45, 2.75) is 25.5 Å². The second-order valence-corrected chi connectivity index (χ2v) is 4.44. The molecule has 1 fully saturated rings. The summed E-state index contributed by atoms with van der Waals surface area (Å²) in [5.74, 6) is 0. The SMILES string of the molecule is [N-]=[N+]=NC[C@@H]1CCCN1C(=O)OCc1ccccc1. The Hall–Kier alpha value is -2.20. The summed E-state index contributed by atoms with van der Waals surface area (Å²) in [5, 5.41) is 3.54. The zero-order valence-corrected chi connectivity index (χ0v) is 10.6. The van der Waals surface area contributed by atoms with Gasteiger partial charge in [-0.1, -0.05) is 35.4 Å². The fourth-order valence-corrected chi connectivity index (χ4v) is 2.20. The number of likely N-dealkylation sites (tertiary alicyclic amines) is 1. The van der Waals surface area contributed by atoms with Crippen molar-refractivity contribution in [1.29, 1.82) is 0 Å². The Morgan fingerprint density at radius 2 is 2.26 bits per heavy atom. The van der Waals surface area contributed by atoms with Crippen molar-refractivity contribution in [2.75, 3.05) is 13.1 Å². The molecule has 0 unspecified atom stereocenters. The molecule has 1 atom stereocenters. The number of hydrogen-bond acceptors (Lipinski definition) is 3. The molecule has 0 bridgehead atoms. The average molecular weight is 260 g/mol. The monoisotopic (exact) mass is 260 g/mol. The number of nitrogens with zero attached hydrogens (tertiary/aromatic N) is 4. The summed E-state index contributed by atoms with van der Waals surface area (Å²) in [7, 11) is 0. The minimum absolute atomic E-state index is 0.0285. The number of benzene rings is 1. The van der Waals surface area contributed by atoms with Crippen LogP contribution >= 0.6 is 0 Å².